The van der Waals surface area contributed by atoms with Gasteiger partial charge in [-0.15, -0.1) is 11.3 Å². The molecule has 10 heteroatoms. The molecule has 0 spiro atoms. The van der Waals surface area contributed by atoms with Gasteiger partial charge < -0.3 is 9.26 Å². The molecule has 1 N–H and O–H groups in total. The Bertz CT molecular complexity index is 1210. The molecule has 2 aromatic carbocycles. The van der Waals surface area contributed by atoms with Crippen LogP contribution in [-0.4, -0.2) is 21.0 Å². The van der Waals surface area contributed by atoms with Crippen LogP contribution in [0.4, 0.5) is 5.13 Å². The van der Waals surface area contributed by atoms with Crippen LogP contribution in [0.3, 0.4) is 0 Å². The summed E-state index contributed by atoms with van der Waals surface area (Å²) in [5.41, 5.74) is 1.68. The lowest BCUT2D eigenvalue weighted by molar-refractivity contribution is 0.102. The highest BCUT2D eigenvalue weighted by Crippen LogP contribution is 2.33. The molecule has 0 aliphatic rings. The number of aromatic nitrogens is 3. The van der Waals surface area contributed by atoms with Gasteiger partial charge in [0.15, 0.2) is 11.7 Å². The van der Waals surface area contributed by atoms with Crippen molar-refractivity contribution in [1.29, 1.82) is 0 Å². The van der Waals surface area contributed by atoms with Crippen molar-refractivity contribution in [2.45, 2.75) is 13.5 Å². The Labute approximate surface area is 185 Å². The number of hydrogen-bond acceptors (Lipinski definition) is 7. The number of benzene rings is 2. The fourth-order valence-corrected chi connectivity index (χ4v) is 3.73. The molecule has 4 aromatic rings. The van der Waals surface area contributed by atoms with Crippen molar-refractivity contribution in [2.75, 3.05) is 5.32 Å². The van der Waals surface area contributed by atoms with E-state index < -0.39 is 0 Å². The molecule has 30 heavy (non-hydrogen) atoms. The zero-order chi connectivity index (χ0) is 21.1. The summed E-state index contributed by atoms with van der Waals surface area (Å²) >= 11 is 13.6. The van der Waals surface area contributed by atoms with Gasteiger partial charge in [-0.2, -0.15) is 4.98 Å². The Morgan fingerprint density at radius 2 is 2.03 bits per heavy atom. The van der Waals surface area contributed by atoms with Gasteiger partial charge in [0, 0.05) is 22.9 Å². The summed E-state index contributed by atoms with van der Waals surface area (Å²) in [5, 5.41) is 9.87. The number of rotatable bonds is 6. The number of anilines is 1. The Hall–Kier alpha value is -2.94. The quantitative estimate of drug-likeness (QED) is 0.400. The molecule has 0 aliphatic heterocycles. The predicted molar refractivity (Wildman–Crippen MR) is 115 cm³/mol. The largest absolute Gasteiger partial charge is 0.485 e. The number of amides is 1. The number of carbonyl (C=O) groups is 1. The Kier molecular flexibility index (Phi) is 5.98. The highest BCUT2D eigenvalue weighted by atomic mass is 35.5. The van der Waals surface area contributed by atoms with Crippen LogP contribution >= 0.6 is 34.5 Å². The van der Waals surface area contributed by atoms with Crippen molar-refractivity contribution in [3.8, 4) is 17.0 Å². The highest BCUT2D eigenvalue weighted by Gasteiger charge is 2.16. The third-order valence-corrected chi connectivity index (χ3v) is 5.31. The second-order valence-electron chi connectivity index (χ2n) is 6.13. The first kappa shape index (κ1) is 20.3. The number of halogens is 2. The molecule has 4 rings (SSSR count). The molecule has 2 aromatic heterocycles. The molecule has 2 heterocycles. The Morgan fingerprint density at radius 3 is 2.83 bits per heavy atom. The minimum absolute atomic E-state index is 0.0797. The third-order valence-electron chi connectivity index (χ3n) is 3.99. The molecule has 0 saturated heterocycles. The number of nitrogens with one attached hydrogen (secondary N) is 1. The van der Waals surface area contributed by atoms with Crippen molar-refractivity contribution < 1.29 is 14.1 Å². The van der Waals surface area contributed by atoms with E-state index >= 15 is 0 Å². The molecular weight excluding hydrogens is 447 g/mol. The SMILES string of the molecule is Cc1nc(COc2ccccc2C(=O)Nc2nc(-c3cc(Cl)ccc3Cl)cs2)no1. The van der Waals surface area contributed by atoms with E-state index in [9.17, 15) is 4.79 Å². The van der Waals surface area contributed by atoms with Gasteiger partial charge in [0.05, 0.1) is 16.3 Å². The van der Waals surface area contributed by atoms with Crippen LogP contribution in [0.15, 0.2) is 52.4 Å². The van der Waals surface area contributed by atoms with E-state index in [4.69, 9.17) is 32.5 Å². The summed E-state index contributed by atoms with van der Waals surface area (Å²) in [7, 11) is 0. The molecule has 0 unspecified atom stereocenters. The molecule has 0 atom stereocenters. The Balaban J connectivity index is 1.49. The molecular formula is C20H14Cl2N4O3S. The van der Waals surface area contributed by atoms with Crippen LogP contribution in [-0.2, 0) is 6.61 Å². The standard InChI is InChI=1S/C20H14Cl2N4O3S/c1-11-23-18(26-29-11)9-28-17-5-3-2-4-13(17)19(27)25-20-24-16(10-30-20)14-8-12(21)6-7-15(14)22/h2-8,10H,9H2,1H3,(H,24,25,27). The number of aryl methyl sites for hydroxylation is 1. The summed E-state index contributed by atoms with van der Waals surface area (Å²) in [4.78, 5) is 21.3. The van der Waals surface area contributed by atoms with Crippen LogP contribution in [0.5, 0.6) is 5.75 Å². The maximum Gasteiger partial charge on any atom is 0.261 e. The van der Waals surface area contributed by atoms with Crippen molar-refractivity contribution in [1.82, 2.24) is 15.1 Å². The number of ether oxygens (including phenoxy) is 1. The third kappa shape index (κ3) is 4.62. The van der Waals surface area contributed by atoms with E-state index in [-0.39, 0.29) is 12.5 Å². The maximum absolute atomic E-state index is 12.8. The first-order chi connectivity index (χ1) is 14.5. The molecule has 1 amide bonds. The first-order valence-electron chi connectivity index (χ1n) is 8.73. The highest BCUT2D eigenvalue weighted by molar-refractivity contribution is 7.14. The summed E-state index contributed by atoms with van der Waals surface area (Å²) in [6.07, 6.45) is 0. The van der Waals surface area contributed by atoms with E-state index in [0.717, 1.165) is 0 Å². The fraction of sp³-hybridized carbons (Fsp3) is 0.100. The minimum Gasteiger partial charge on any atom is -0.485 e. The van der Waals surface area contributed by atoms with Gasteiger partial charge in [-0.3, -0.25) is 10.1 Å². The first-order valence-corrected chi connectivity index (χ1v) is 10.4. The smallest absolute Gasteiger partial charge is 0.261 e. The molecule has 0 bridgehead atoms. The van der Waals surface area contributed by atoms with Crippen molar-refractivity contribution in [3.63, 3.8) is 0 Å². The molecule has 152 valence electrons. The van der Waals surface area contributed by atoms with E-state index in [1.807, 2.05) is 0 Å². The average Bonchev–Trinajstić information content (AvgIpc) is 3.37. The molecule has 0 aliphatic carbocycles. The van der Waals surface area contributed by atoms with Crippen LogP contribution in [0, 0.1) is 6.92 Å². The molecule has 0 saturated carbocycles. The predicted octanol–water partition coefficient (Wildman–Crippen LogP) is 5.64. The van der Waals surface area contributed by atoms with Gasteiger partial charge in [0.25, 0.3) is 5.91 Å². The fourth-order valence-electron chi connectivity index (χ4n) is 2.64. The number of hydrogen-bond donors (Lipinski definition) is 1. The van der Waals surface area contributed by atoms with Crippen LogP contribution < -0.4 is 10.1 Å². The summed E-state index contributed by atoms with van der Waals surface area (Å²) in [6, 6.07) is 12.0. The van der Waals surface area contributed by atoms with E-state index in [1.165, 1.54) is 11.3 Å². The van der Waals surface area contributed by atoms with Crippen LogP contribution in [0.2, 0.25) is 10.0 Å². The Morgan fingerprint density at radius 1 is 1.20 bits per heavy atom. The number of thiazole rings is 1. The second kappa shape index (κ2) is 8.83. The van der Waals surface area contributed by atoms with Crippen LogP contribution in [0.1, 0.15) is 22.1 Å². The normalized spacial score (nSPS) is 10.8. The lowest BCUT2D eigenvalue weighted by Crippen LogP contribution is -2.13. The number of nitrogens with zero attached hydrogens (tertiary/aromatic N) is 3. The topological polar surface area (TPSA) is 90.1 Å². The van der Waals surface area contributed by atoms with Crippen molar-refractivity contribution >= 4 is 45.6 Å². The number of carbonyl (C=O) groups excluding carboxylic acids is 1. The lowest BCUT2D eigenvalue weighted by atomic mass is 10.2. The second-order valence-corrected chi connectivity index (χ2v) is 7.83. The minimum atomic E-state index is -0.354. The van der Waals surface area contributed by atoms with Gasteiger partial charge >= 0.3 is 0 Å². The van der Waals surface area contributed by atoms with Gasteiger partial charge in [-0.1, -0.05) is 40.5 Å². The van der Waals surface area contributed by atoms with E-state index in [0.29, 0.717) is 49.5 Å². The van der Waals surface area contributed by atoms with Gasteiger partial charge in [0.1, 0.15) is 5.75 Å². The van der Waals surface area contributed by atoms with Gasteiger partial charge in [-0.05, 0) is 30.3 Å². The number of para-hydroxylation sites is 1. The van der Waals surface area contributed by atoms with Gasteiger partial charge in [0.2, 0.25) is 11.7 Å². The summed E-state index contributed by atoms with van der Waals surface area (Å²) < 4.78 is 10.6. The van der Waals surface area contributed by atoms with Crippen molar-refractivity contribution in [3.05, 3.63) is 75.2 Å². The van der Waals surface area contributed by atoms with Crippen LogP contribution in [0.25, 0.3) is 11.3 Å². The maximum atomic E-state index is 12.8. The molecule has 7 nitrogen and oxygen atoms in total. The van der Waals surface area contributed by atoms with E-state index in [2.05, 4.69) is 20.4 Å². The summed E-state index contributed by atoms with van der Waals surface area (Å²) in [5.74, 6) is 0.879. The lowest BCUT2D eigenvalue weighted by Gasteiger charge is -2.09. The zero-order valence-corrected chi connectivity index (χ0v) is 17.9. The van der Waals surface area contributed by atoms with Crippen molar-refractivity contribution in [2.24, 2.45) is 0 Å². The monoisotopic (exact) mass is 460 g/mol. The van der Waals surface area contributed by atoms with E-state index in [1.54, 1.807) is 54.8 Å². The molecule has 0 radical (unpaired) electrons. The zero-order valence-electron chi connectivity index (χ0n) is 15.6. The van der Waals surface area contributed by atoms with Gasteiger partial charge in [-0.25, -0.2) is 4.98 Å². The average molecular weight is 461 g/mol. The molecule has 0 fully saturated rings. The summed E-state index contributed by atoms with van der Waals surface area (Å²) in [6.45, 7) is 1.77.